The van der Waals surface area contributed by atoms with E-state index in [-0.39, 0.29) is 36.0 Å². The molecule has 2 aromatic rings. The molecular formula is C26H27NO6. The molecule has 7 heteroatoms. The summed E-state index contributed by atoms with van der Waals surface area (Å²) in [5.41, 5.74) is 1.55. The van der Waals surface area contributed by atoms with E-state index in [4.69, 9.17) is 13.9 Å². The molecule has 0 bridgehead atoms. The van der Waals surface area contributed by atoms with Gasteiger partial charge in [-0.2, -0.15) is 0 Å². The number of ketones is 1. The number of fused-ring (bicyclic) bond motifs is 1. The number of methoxy groups -OCH3 is 1. The first kappa shape index (κ1) is 21.5. The van der Waals surface area contributed by atoms with Crippen LogP contribution in [-0.2, 0) is 25.6 Å². The number of nitrogens with zero attached hydrogens (tertiary/aromatic N) is 1. The van der Waals surface area contributed by atoms with E-state index in [0.29, 0.717) is 28.7 Å². The Balaban J connectivity index is 1.56. The summed E-state index contributed by atoms with van der Waals surface area (Å²) in [6.07, 6.45) is 2.81. The summed E-state index contributed by atoms with van der Waals surface area (Å²) in [4.78, 5) is 40.8. The quantitative estimate of drug-likeness (QED) is 0.655. The predicted octanol–water partition coefficient (Wildman–Crippen LogP) is 4.05. The molecule has 3 heterocycles. The van der Waals surface area contributed by atoms with Crippen molar-refractivity contribution in [1.82, 2.24) is 4.90 Å². The van der Waals surface area contributed by atoms with Gasteiger partial charge >= 0.3 is 5.97 Å². The van der Waals surface area contributed by atoms with Gasteiger partial charge in [-0.1, -0.05) is 26.0 Å². The Labute approximate surface area is 192 Å². The number of rotatable bonds is 4. The van der Waals surface area contributed by atoms with Crippen molar-refractivity contribution in [2.45, 2.75) is 45.4 Å². The average Bonchev–Trinajstić information content (AvgIpc) is 3.42. The molecule has 1 saturated carbocycles. The number of hydrogen-bond acceptors (Lipinski definition) is 6. The molecule has 1 fully saturated rings. The number of amides is 1. The highest BCUT2D eigenvalue weighted by Crippen LogP contribution is 2.48. The zero-order valence-electron chi connectivity index (χ0n) is 18.9. The third kappa shape index (κ3) is 3.56. The van der Waals surface area contributed by atoms with Crippen LogP contribution in [0.2, 0.25) is 0 Å². The topological polar surface area (TPSA) is 86.0 Å². The molecule has 1 aromatic carbocycles. The van der Waals surface area contributed by atoms with Crippen molar-refractivity contribution < 1.29 is 28.3 Å². The lowest BCUT2D eigenvalue weighted by Crippen LogP contribution is -2.43. The Kier molecular flexibility index (Phi) is 5.35. The number of furan rings is 1. The Morgan fingerprint density at radius 1 is 1.09 bits per heavy atom. The second-order valence-electron chi connectivity index (χ2n) is 9.32. The molecule has 5 unspecified atom stereocenters. The average molecular weight is 450 g/mol. The number of benzene rings is 1. The van der Waals surface area contributed by atoms with Gasteiger partial charge in [-0.15, -0.1) is 0 Å². The van der Waals surface area contributed by atoms with E-state index >= 15 is 0 Å². The maximum absolute atomic E-state index is 13.8. The molecule has 0 N–H and O–H groups in total. The van der Waals surface area contributed by atoms with Gasteiger partial charge in [0.15, 0.2) is 11.5 Å². The summed E-state index contributed by atoms with van der Waals surface area (Å²) < 4.78 is 16.5. The Hall–Kier alpha value is -3.35. The Morgan fingerprint density at radius 2 is 1.82 bits per heavy atom. The molecule has 0 spiro atoms. The number of Topliss-reactive ketones (excluding diaryl/α,β-unsaturated/α-hetero) is 1. The Morgan fingerprint density at radius 3 is 2.48 bits per heavy atom. The zero-order valence-corrected chi connectivity index (χ0v) is 18.9. The monoisotopic (exact) mass is 449 g/mol. The number of esters is 1. The van der Waals surface area contributed by atoms with Gasteiger partial charge in [0.25, 0.3) is 5.91 Å². The molecule has 5 rings (SSSR count). The van der Waals surface area contributed by atoms with E-state index in [1.54, 1.807) is 47.6 Å². The predicted molar refractivity (Wildman–Crippen MR) is 118 cm³/mol. The fourth-order valence-corrected chi connectivity index (χ4v) is 5.31. The van der Waals surface area contributed by atoms with Gasteiger partial charge in [0.05, 0.1) is 43.0 Å². The lowest BCUT2D eigenvalue weighted by Gasteiger charge is -2.40. The van der Waals surface area contributed by atoms with Crippen molar-refractivity contribution in [2.75, 3.05) is 7.11 Å². The summed E-state index contributed by atoms with van der Waals surface area (Å²) in [7, 11) is 1.33. The van der Waals surface area contributed by atoms with E-state index < -0.39 is 12.0 Å². The molecule has 1 aliphatic carbocycles. The number of carbonyl (C=O) groups excluding carboxylic acids is 3. The van der Waals surface area contributed by atoms with Crippen LogP contribution in [0.1, 0.15) is 54.4 Å². The van der Waals surface area contributed by atoms with Crippen LogP contribution in [0, 0.1) is 17.8 Å². The van der Waals surface area contributed by atoms with E-state index in [2.05, 4.69) is 13.8 Å². The minimum absolute atomic E-state index is 0.00246. The van der Waals surface area contributed by atoms with Crippen molar-refractivity contribution in [3.05, 3.63) is 70.9 Å². The fourth-order valence-electron chi connectivity index (χ4n) is 5.31. The van der Waals surface area contributed by atoms with Crippen LogP contribution < -0.4 is 0 Å². The molecule has 33 heavy (non-hydrogen) atoms. The normalized spacial score (nSPS) is 28.9. The van der Waals surface area contributed by atoms with Crippen molar-refractivity contribution in [1.29, 1.82) is 0 Å². The minimum atomic E-state index is -0.604. The Bertz CT molecular complexity index is 1120. The molecule has 2 aliphatic heterocycles. The van der Waals surface area contributed by atoms with E-state index in [1.807, 2.05) is 0 Å². The number of hydrogen-bond donors (Lipinski definition) is 0. The molecule has 172 valence electrons. The van der Waals surface area contributed by atoms with Crippen LogP contribution in [0.15, 0.2) is 58.4 Å². The van der Waals surface area contributed by atoms with Gasteiger partial charge < -0.3 is 18.8 Å². The highest BCUT2D eigenvalue weighted by molar-refractivity contribution is 6.11. The fraction of sp³-hybridized carbons (Fsp3) is 0.423. The lowest BCUT2D eigenvalue weighted by molar-refractivity contribution is -0.137. The van der Waals surface area contributed by atoms with Gasteiger partial charge in [-0.25, -0.2) is 4.79 Å². The SMILES string of the molecule is COC(=O)c1ccc(C2C3=C(OC4CC(C)C(C)CC4C3=O)C(=O)N2Cc2ccco2)cc1. The maximum atomic E-state index is 13.8. The second-order valence-corrected chi connectivity index (χ2v) is 9.32. The summed E-state index contributed by atoms with van der Waals surface area (Å²) >= 11 is 0. The molecule has 3 aliphatic rings. The smallest absolute Gasteiger partial charge is 0.337 e. The summed E-state index contributed by atoms with van der Waals surface area (Å²) in [6.45, 7) is 4.55. The van der Waals surface area contributed by atoms with Crippen molar-refractivity contribution in [2.24, 2.45) is 17.8 Å². The molecule has 1 amide bonds. The van der Waals surface area contributed by atoms with E-state index in [9.17, 15) is 14.4 Å². The number of carbonyl (C=O) groups is 3. The van der Waals surface area contributed by atoms with Gasteiger partial charge in [0.2, 0.25) is 0 Å². The first-order chi connectivity index (χ1) is 15.9. The second kappa shape index (κ2) is 8.21. The molecule has 0 radical (unpaired) electrons. The van der Waals surface area contributed by atoms with Crippen LogP contribution in [0.5, 0.6) is 0 Å². The molecule has 5 atom stereocenters. The number of ether oxygens (including phenoxy) is 2. The van der Waals surface area contributed by atoms with Gasteiger partial charge in [0, 0.05) is 0 Å². The molecular weight excluding hydrogens is 422 g/mol. The highest BCUT2D eigenvalue weighted by atomic mass is 16.5. The molecule has 7 nitrogen and oxygen atoms in total. The standard InChI is InChI=1S/C26H27NO6/c1-14-11-19-20(12-15(14)2)33-24-21(23(19)28)22(16-6-8-17(9-7-16)26(30)31-3)27(25(24)29)13-18-5-4-10-32-18/h4-10,14-15,19-20,22H,11-13H2,1-3H3. The molecule has 0 saturated heterocycles. The summed E-state index contributed by atoms with van der Waals surface area (Å²) in [5.74, 6) is 0.625. The van der Waals surface area contributed by atoms with Gasteiger partial charge in [-0.3, -0.25) is 9.59 Å². The van der Waals surface area contributed by atoms with Crippen LogP contribution in [0.25, 0.3) is 0 Å². The maximum Gasteiger partial charge on any atom is 0.337 e. The third-order valence-corrected chi connectivity index (χ3v) is 7.36. The summed E-state index contributed by atoms with van der Waals surface area (Å²) in [5, 5.41) is 0. The first-order valence-electron chi connectivity index (χ1n) is 11.4. The van der Waals surface area contributed by atoms with E-state index in [0.717, 1.165) is 18.4 Å². The molecule has 1 aromatic heterocycles. The van der Waals surface area contributed by atoms with Crippen LogP contribution in [0.4, 0.5) is 0 Å². The summed E-state index contributed by atoms with van der Waals surface area (Å²) in [6, 6.07) is 9.79. The van der Waals surface area contributed by atoms with E-state index in [1.165, 1.54) is 7.11 Å². The van der Waals surface area contributed by atoms with Crippen molar-refractivity contribution in [3.8, 4) is 0 Å². The zero-order chi connectivity index (χ0) is 23.3. The first-order valence-corrected chi connectivity index (χ1v) is 11.4. The van der Waals surface area contributed by atoms with Crippen LogP contribution >= 0.6 is 0 Å². The van der Waals surface area contributed by atoms with Gasteiger partial charge in [-0.05, 0) is 54.5 Å². The van der Waals surface area contributed by atoms with Crippen molar-refractivity contribution in [3.63, 3.8) is 0 Å². The highest BCUT2D eigenvalue weighted by Gasteiger charge is 2.53. The largest absolute Gasteiger partial charge is 0.483 e. The van der Waals surface area contributed by atoms with Crippen LogP contribution in [0.3, 0.4) is 0 Å². The third-order valence-electron chi connectivity index (χ3n) is 7.36. The lowest BCUT2D eigenvalue weighted by atomic mass is 9.70. The van der Waals surface area contributed by atoms with Crippen molar-refractivity contribution >= 4 is 17.7 Å². The minimum Gasteiger partial charge on any atom is -0.483 e. The van der Waals surface area contributed by atoms with Gasteiger partial charge in [0.1, 0.15) is 11.9 Å². The van der Waals surface area contributed by atoms with Crippen LogP contribution in [-0.4, -0.2) is 35.8 Å².